The molecule has 3 fully saturated rings. The van der Waals surface area contributed by atoms with E-state index in [1.54, 1.807) is 25.3 Å². The molecule has 0 unspecified atom stereocenters. The zero-order valence-electron chi connectivity index (χ0n) is 29.5. The number of hydrogen-bond acceptors (Lipinski definition) is 8. The van der Waals surface area contributed by atoms with Crippen molar-refractivity contribution in [2.75, 3.05) is 11.9 Å². The molecule has 16 heteroatoms. The van der Waals surface area contributed by atoms with Gasteiger partial charge in [-0.3, -0.25) is 19.1 Å². The summed E-state index contributed by atoms with van der Waals surface area (Å²) in [4.78, 5) is 48.3. The molecule has 7 rings (SSSR count). The lowest BCUT2D eigenvalue weighted by molar-refractivity contribution is -0.140. The molecule has 3 aromatic rings. The average Bonchev–Trinajstić information content (AvgIpc) is 4.00. The van der Waals surface area contributed by atoms with E-state index < -0.39 is 79.7 Å². The Morgan fingerprint density at radius 1 is 1.07 bits per heavy atom. The minimum absolute atomic E-state index is 0.0397. The normalized spacial score (nSPS) is 27.2. The molecule has 2 aliphatic heterocycles. The number of amides is 3. The van der Waals surface area contributed by atoms with Gasteiger partial charge in [-0.25, -0.2) is 17.8 Å². The predicted molar refractivity (Wildman–Crippen MR) is 191 cm³/mol. The number of rotatable bonds is 7. The number of nitrogens with zero attached hydrogens (tertiary/aromatic N) is 2. The number of carbonyl (C=O) groups is 3. The molecule has 1 aromatic heterocycles. The van der Waals surface area contributed by atoms with Crippen LogP contribution < -0.4 is 20.1 Å². The predicted octanol–water partition coefficient (Wildman–Crippen LogP) is 5.62. The van der Waals surface area contributed by atoms with E-state index in [4.69, 9.17) is 4.74 Å². The van der Waals surface area contributed by atoms with Crippen molar-refractivity contribution in [3.05, 3.63) is 78.3 Å². The van der Waals surface area contributed by atoms with Gasteiger partial charge in [0.2, 0.25) is 27.7 Å². The van der Waals surface area contributed by atoms with Gasteiger partial charge in [-0.2, -0.15) is 13.2 Å². The number of benzene rings is 2. The Morgan fingerprint density at radius 2 is 1.85 bits per heavy atom. The third-order valence-electron chi connectivity index (χ3n) is 11.0. The van der Waals surface area contributed by atoms with E-state index in [1.807, 2.05) is 30.3 Å². The van der Waals surface area contributed by atoms with Crippen LogP contribution >= 0.6 is 0 Å². The number of sulfonamides is 1. The topological polar surface area (TPSA) is 147 Å². The van der Waals surface area contributed by atoms with Crippen molar-refractivity contribution >= 4 is 44.2 Å². The van der Waals surface area contributed by atoms with Crippen molar-refractivity contribution in [1.29, 1.82) is 0 Å². The number of hydrogen-bond donors (Lipinski definition) is 3. The molecule has 11 nitrogen and oxygen atoms in total. The first kappa shape index (κ1) is 37.6. The zero-order chi connectivity index (χ0) is 38.5. The fourth-order valence-corrected chi connectivity index (χ4v) is 8.64. The van der Waals surface area contributed by atoms with Gasteiger partial charge >= 0.3 is 6.18 Å². The van der Waals surface area contributed by atoms with Crippen LogP contribution in [0.4, 0.5) is 23.2 Å². The molecule has 0 bridgehead atoms. The molecule has 2 aliphatic carbocycles. The fourth-order valence-electron chi connectivity index (χ4n) is 7.33. The van der Waals surface area contributed by atoms with Crippen LogP contribution in [-0.4, -0.2) is 71.0 Å². The molecule has 3 N–H and O–H groups in total. The van der Waals surface area contributed by atoms with Gasteiger partial charge in [-0.05, 0) is 81.2 Å². The Balaban J connectivity index is 1.21. The van der Waals surface area contributed by atoms with E-state index in [1.165, 1.54) is 4.90 Å². The summed E-state index contributed by atoms with van der Waals surface area (Å²) in [7, 11) is -4.04. The van der Waals surface area contributed by atoms with E-state index in [0.717, 1.165) is 17.5 Å². The van der Waals surface area contributed by atoms with E-state index in [0.29, 0.717) is 50.0 Å². The lowest BCUT2D eigenvalue weighted by atomic mass is 10.0. The lowest BCUT2D eigenvalue weighted by Crippen LogP contribution is -2.58. The van der Waals surface area contributed by atoms with Crippen LogP contribution in [0.15, 0.2) is 66.9 Å². The van der Waals surface area contributed by atoms with E-state index in [2.05, 4.69) is 20.3 Å². The summed E-state index contributed by atoms with van der Waals surface area (Å²) in [6, 6.07) is 8.76. The van der Waals surface area contributed by atoms with Crippen molar-refractivity contribution < 1.29 is 45.1 Å². The van der Waals surface area contributed by atoms with Crippen LogP contribution in [0.2, 0.25) is 0 Å². The Hall–Kier alpha value is -4.73. The Bertz CT molecular complexity index is 2100. The first-order chi connectivity index (χ1) is 25.6. The molecule has 0 radical (unpaired) electrons. The summed E-state index contributed by atoms with van der Waals surface area (Å²) in [5, 5.41) is 7.17. The van der Waals surface area contributed by atoms with E-state index in [-0.39, 0.29) is 37.4 Å². The summed E-state index contributed by atoms with van der Waals surface area (Å²) in [5.74, 6) is -3.59. The highest BCUT2D eigenvalue weighted by atomic mass is 32.2. The van der Waals surface area contributed by atoms with Gasteiger partial charge in [-0.1, -0.05) is 43.2 Å². The Kier molecular flexibility index (Phi) is 9.86. The quantitative estimate of drug-likeness (QED) is 0.208. The molecule has 288 valence electrons. The van der Waals surface area contributed by atoms with Crippen LogP contribution in [0.1, 0.15) is 70.3 Å². The number of halogens is 4. The summed E-state index contributed by atoms with van der Waals surface area (Å²) in [6.45, 7) is 1.43. The maximum atomic E-state index is 14.5. The van der Waals surface area contributed by atoms with Crippen LogP contribution in [0.5, 0.6) is 5.88 Å². The maximum absolute atomic E-state index is 14.5. The van der Waals surface area contributed by atoms with Gasteiger partial charge in [-0.15, -0.1) is 0 Å². The van der Waals surface area contributed by atoms with Gasteiger partial charge < -0.3 is 20.3 Å². The molecule has 1 saturated heterocycles. The van der Waals surface area contributed by atoms with Crippen molar-refractivity contribution in [2.24, 2.45) is 5.92 Å². The average molecular weight is 772 g/mol. The number of fused-ring (bicyclic) bond motifs is 3. The maximum Gasteiger partial charge on any atom is 0.416 e. The number of pyridine rings is 1. The molecule has 3 heterocycles. The van der Waals surface area contributed by atoms with Crippen molar-refractivity contribution in [2.45, 2.75) is 99.4 Å². The molecule has 2 aromatic carbocycles. The molecule has 0 spiro atoms. The van der Waals surface area contributed by atoms with Gasteiger partial charge in [0, 0.05) is 29.6 Å². The summed E-state index contributed by atoms with van der Waals surface area (Å²) in [6.07, 6.45) is 3.07. The molecular weight excluding hydrogens is 731 g/mol. The summed E-state index contributed by atoms with van der Waals surface area (Å²) in [5.41, 5.74) is -3.07. The lowest BCUT2D eigenvalue weighted by Gasteiger charge is -2.30. The second-order valence-electron chi connectivity index (χ2n) is 15.0. The van der Waals surface area contributed by atoms with Crippen LogP contribution in [0, 0.1) is 11.7 Å². The third kappa shape index (κ3) is 7.62. The SMILES string of the molecule is CC1(S(=O)(=O)NC(=O)[C@@]23C[C@H]2C=CCCCCC[C@H](Nc2cc(F)cc(C(F)(F)F)c2)C(=O)N2C[C@H](Oc4nccc5ccccc45)C[C@H]2C(=O)N3)CC1. The van der Waals surface area contributed by atoms with Crippen molar-refractivity contribution in [3.63, 3.8) is 0 Å². The standard InChI is InChI=1S/C38H41F4N5O6S/c1-36(14-15-36)54(51,52)46-35(50)37-21-24(37)10-5-3-2-4-6-12-30(44-27-18-25(38(40,41)42)17-26(39)19-27)34(49)47-22-28(20-31(47)32(48)45-37)53-33-29-11-8-7-9-23(29)13-16-43-33/h5,7-11,13,16-19,24,28,30-31,44H,2-4,6,12,14-15,20-22H2,1H3,(H,45,48)(H,46,50)/t24-,28-,30+,31+,37-/m1/s1. The number of carbonyl (C=O) groups excluding carboxylic acids is 3. The van der Waals surface area contributed by atoms with Gasteiger partial charge in [0.15, 0.2) is 0 Å². The second kappa shape index (κ2) is 14.2. The van der Waals surface area contributed by atoms with Crippen molar-refractivity contribution in [3.8, 4) is 5.88 Å². The highest BCUT2D eigenvalue weighted by Crippen LogP contribution is 2.47. The van der Waals surface area contributed by atoms with Gasteiger partial charge in [0.05, 0.1) is 16.9 Å². The molecular formula is C38H41F4N5O6S. The Morgan fingerprint density at radius 3 is 2.61 bits per heavy atom. The van der Waals surface area contributed by atoms with Crippen LogP contribution in [0.25, 0.3) is 10.8 Å². The summed E-state index contributed by atoms with van der Waals surface area (Å²) >= 11 is 0. The van der Waals surface area contributed by atoms with Gasteiger partial charge in [0.25, 0.3) is 5.91 Å². The zero-order valence-corrected chi connectivity index (χ0v) is 30.3. The second-order valence-corrected chi connectivity index (χ2v) is 17.2. The molecule has 54 heavy (non-hydrogen) atoms. The molecule has 4 aliphatic rings. The van der Waals surface area contributed by atoms with E-state index >= 15 is 0 Å². The highest BCUT2D eigenvalue weighted by molar-refractivity contribution is 7.91. The number of ether oxygens (including phenoxy) is 1. The third-order valence-corrected chi connectivity index (χ3v) is 13.1. The highest BCUT2D eigenvalue weighted by Gasteiger charge is 2.63. The first-order valence-electron chi connectivity index (χ1n) is 18.1. The van der Waals surface area contributed by atoms with Crippen LogP contribution in [-0.2, 0) is 30.6 Å². The summed E-state index contributed by atoms with van der Waals surface area (Å²) < 4.78 is 89.0. The Labute approximate surface area is 310 Å². The number of aromatic nitrogens is 1. The van der Waals surface area contributed by atoms with Crippen molar-refractivity contribution in [1.82, 2.24) is 19.9 Å². The van der Waals surface area contributed by atoms with Crippen LogP contribution in [0.3, 0.4) is 0 Å². The first-order valence-corrected chi connectivity index (χ1v) is 19.6. The minimum Gasteiger partial charge on any atom is -0.472 e. The van der Waals surface area contributed by atoms with Gasteiger partial charge in [0.1, 0.15) is 29.5 Å². The number of nitrogens with one attached hydrogen (secondary N) is 3. The monoisotopic (exact) mass is 771 g/mol. The minimum atomic E-state index is -4.84. The fraction of sp³-hybridized carbons (Fsp3) is 0.474. The number of alkyl halides is 3. The molecule has 5 atom stereocenters. The number of allylic oxidation sites excluding steroid dienone is 1. The molecule has 3 amide bonds. The van der Waals surface area contributed by atoms with E-state index in [9.17, 15) is 40.4 Å². The largest absolute Gasteiger partial charge is 0.472 e. The number of anilines is 1. The molecule has 2 saturated carbocycles. The smallest absolute Gasteiger partial charge is 0.416 e.